The highest BCUT2D eigenvalue weighted by atomic mass is 16.5. The molecular weight excluding hydrogens is 268 g/mol. The molecule has 2 aromatic rings. The number of fused-ring (bicyclic) bond motifs is 2. The Labute approximate surface area is 121 Å². The summed E-state index contributed by atoms with van der Waals surface area (Å²) in [5.41, 5.74) is 1.91. The summed E-state index contributed by atoms with van der Waals surface area (Å²) in [5, 5.41) is 19.5. The van der Waals surface area contributed by atoms with Gasteiger partial charge in [-0.2, -0.15) is 0 Å². The lowest BCUT2D eigenvalue weighted by atomic mass is 10.0. The smallest absolute Gasteiger partial charge is 0.235 e. The van der Waals surface area contributed by atoms with Crippen molar-refractivity contribution in [2.45, 2.75) is 12.8 Å². The summed E-state index contributed by atoms with van der Waals surface area (Å²) in [6.07, 6.45) is 6.27. The summed E-state index contributed by atoms with van der Waals surface area (Å²) in [5.74, 6) is 2.66. The van der Waals surface area contributed by atoms with Crippen molar-refractivity contribution in [3.05, 3.63) is 47.0 Å². The van der Waals surface area contributed by atoms with Crippen LogP contribution in [0.3, 0.4) is 0 Å². The highest BCUT2D eigenvalue weighted by molar-refractivity contribution is 6.08. The van der Waals surface area contributed by atoms with Crippen LogP contribution in [-0.2, 0) is 12.8 Å². The summed E-state index contributed by atoms with van der Waals surface area (Å²) in [7, 11) is 0. The normalized spacial score (nSPS) is 12.3. The highest BCUT2D eigenvalue weighted by Gasteiger charge is 2.19. The van der Waals surface area contributed by atoms with Crippen molar-refractivity contribution in [3.8, 4) is 35.3 Å². The average molecular weight is 280 g/mol. The van der Waals surface area contributed by atoms with E-state index in [0.717, 1.165) is 5.56 Å². The summed E-state index contributed by atoms with van der Waals surface area (Å²) >= 11 is 0. The van der Waals surface area contributed by atoms with Crippen molar-refractivity contribution in [2.75, 3.05) is 0 Å². The summed E-state index contributed by atoms with van der Waals surface area (Å²) in [6, 6.07) is 7.74. The van der Waals surface area contributed by atoms with E-state index >= 15 is 0 Å². The first-order valence-corrected chi connectivity index (χ1v) is 6.45. The van der Waals surface area contributed by atoms with Gasteiger partial charge in [-0.05, 0) is 42.5 Å². The summed E-state index contributed by atoms with van der Waals surface area (Å²) in [4.78, 5) is 11.6. The number of phenols is 2. The lowest BCUT2D eigenvalue weighted by Crippen LogP contribution is -1.97. The van der Waals surface area contributed by atoms with Crippen LogP contribution in [0.5, 0.6) is 23.0 Å². The number of aryl methyl sites for hydroxylation is 1. The molecule has 0 atom stereocenters. The third-order valence-electron chi connectivity index (χ3n) is 3.49. The largest absolute Gasteiger partial charge is 0.508 e. The molecule has 2 N–H and O–H groups in total. The number of aromatic hydroxyl groups is 2. The predicted octanol–water partition coefficient (Wildman–Crippen LogP) is 2.80. The fourth-order valence-electron chi connectivity index (χ4n) is 2.44. The molecule has 21 heavy (non-hydrogen) atoms. The first-order valence-electron chi connectivity index (χ1n) is 6.45. The first kappa shape index (κ1) is 13.1. The molecule has 1 aliphatic rings. The van der Waals surface area contributed by atoms with Crippen molar-refractivity contribution in [1.29, 1.82) is 0 Å². The van der Waals surface area contributed by atoms with Gasteiger partial charge in [0, 0.05) is 23.3 Å². The van der Waals surface area contributed by atoms with E-state index in [1.807, 2.05) is 0 Å². The van der Waals surface area contributed by atoms with Crippen LogP contribution >= 0.6 is 0 Å². The predicted molar refractivity (Wildman–Crippen MR) is 76.9 cm³/mol. The van der Waals surface area contributed by atoms with Crippen molar-refractivity contribution in [2.24, 2.45) is 0 Å². The number of ether oxygens (including phenoxy) is 1. The maximum atomic E-state index is 11.6. The van der Waals surface area contributed by atoms with Crippen LogP contribution in [-0.4, -0.2) is 16.0 Å². The number of hydrogen-bond acceptors (Lipinski definition) is 4. The van der Waals surface area contributed by atoms with Crippen molar-refractivity contribution in [1.82, 2.24) is 0 Å². The van der Waals surface area contributed by atoms with Crippen LogP contribution in [0, 0.1) is 12.3 Å². The van der Waals surface area contributed by atoms with Gasteiger partial charge in [0.2, 0.25) is 5.78 Å². The molecule has 0 aliphatic carbocycles. The van der Waals surface area contributed by atoms with E-state index in [-0.39, 0.29) is 17.3 Å². The summed E-state index contributed by atoms with van der Waals surface area (Å²) in [6.45, 7) is 0. The highest BCUT2D eigenvalue weighted by Crippen LogP contribution is 2.40. The Morgan fingerprint density at radius 2 is 1.95 bits per heavy atom. The molecule has 0 aromatic heterocycles. The van der Waals surface area contributed by atoms with Crippen molar-refractivity contribution >= 4 is 5.78 Å². The lowest BCUT2D eigenvalue weighted by molar-refractivity contribution is 0.105. The topological polar surface area (TPSA) is 66.8 Å². The van der Waals surface area contributed by atoms with E-state index in [4.69, 9.17) is 11.2 Å². The van der Waals surface area contributed by atoms with Gasteiger partial charge < -0.3 is 14.9 Å². The number of ketones is 1. The Morgan fingerprint density at radius 1 is 1.14 bits per heavy atom. The Hall–Kier alpha value is -2.93. The van der Waals surface area contributed by atoms with Gasteiger partial charge in [-0.1, -0.05) is 0 Å². The van der Waals surface area contributed by atoms with E-state index in [9.17, 15) is 15.0 Å². The van der Waals surface area contributed by atoms with E-state index < -0.39 is 0 Å². The van der Waals surface area contributed by atoms with Gasteiger partial charge in [0.1, 0.15) is 23.0 Å². The number of carbonyl (C=O) groups is 1. The standard InChI is InChI=1S/C17H12O4/c1-2-14(19)10-4-6-16-11(7-10)3-5-13-15(20)8-12(18)9-17(13)21-16/h1,4,6-9,18,20H,3,5H2. The number of terminal acetylenes is 1. The van der Waals surface area contributed by atoms with Crippen molar-refractivity contribution < 1.29 is 19.7 Å². The molecular formula is C17H12O4. The second-order valence-corrected chi connectivity index (χ2v) is 4.84. The van der Waals surface area contributed by atoms with Gasteiger partial charge in [-0.15, -0.1) is 6.42 Å². The molecule has 3 rings (SSSR count). The number of carbonyl (C=O) groups excluding carboxylic acids is 1. The summed E-state index contributed by atoms with van der Waals surface area (Å²) < 4.78 is 5.75. The van der Waals surface area contributed by atoms with Crippen molar-refractivity contribution in [3.63, 3.8) is 0 Å². The molecule has 2 aromatic carbocycles. The molecule has 0 unspecified atom stereocenters. The Kier molecular flexibility index (Phi) is 3.03. The van der Waals surface area contributed by atoms with Crippen LogP contribution in [0.15, 0.2) is 30.3 Å². The molecule has 104 valence electrons. The van der Waals surface area contributed by atoms with Gasteiger partial charge in [0.25, 0.3) is 0 Å². The molecule has 0 spiro atoms. The van der Waals surface area contributed by atoms with Crippen LogP contribution < -0.4 is 4.74 Å². The van der Waals surface area contributed by atoms with Gasteiger partial charge in [-0.3, -0.25) is 4.79 Å². The molecule has 1 aliphatic heterocycles. The Balaban J connectivity index is 2.05. The average Bonchev–Trinajstić information content (AvgIpc) is 2.64. The number of benzene rings is 2. The fraction of sp³-hybridized carbons (Fsp3) is 0.118. The minimum atomic E-state index is -0.375. The zero-order valence-corrected chi connectivity index (χ0v) is 11.1. The zero-order valence-electron chi connectivity index (χ0n) is 11.1. The molecule has 0 radical (unpaired) electrons. The molecule has 0 bridgehead atoms. The second-order valence-electron chi connectivity index (χ2n) is 4.84. The Bertz CT molecular complexity index is 784. The minimum absolute atomic E-state index is 0.00210. The van der Waals surface area contributed by atoms with Gasteiger partial charge >= 0.3 is 0 Å². The van der Waals surface area contributed by atoms with E-state index in [2.05, 4.69) is 5.92 Å². The number of Topliss-reactive ketones (excluding diaryl/α,β-unsaturated/α-hetero) is 1. The van der Waals surface area contributed by atoms with Gasteiger partial charge in [0.15, 0.2) is 0 Å². The maximum Gasteiger partial charge on any atom is 0.235 e. The van der Waals surface area contributed by atoms with E-state index in [0.29, 0.717) is 35.5 Å². The van der Waals surface area contributed by atoms with Crippen LogP contribution in [0.25, 0.3) is 0 Å². The zero-order chi connectivity index (χ0) is 15.0. The van der Waals surface area contributed by atoms with Gasteiger partial charge in [-0.25, -0.2) is 0 Å². The van der Waals surface area contributed by atoms with Crippen LogP contribution in [0.4, 0.5) is 0 Å². The number of rotatable bonds is 1. The van der Waals surface area contributed by atoms with Gasteiger partial charge in [0.05, 0.1) is 0 Å². The molecule has 0 saturated heterocycles. The van der Waals surface area contributed by atoms with Crippen LogP contribution in [0.1, 0.15) is 21.5 Å². The minimum Gasteiger partial charge on any atom is -0.508 e. The molecule has 4 nitrogen and oxygen atoms in total. The Morgan fingerprint density at radius 3 is 2.71 bits per heavy atom. The SMILES string of the molecule is C#CC(=O)c1ccc2c(c1)CCc1c(O)cc(O)cc1O2. The molecule has 0 fully saturated rings. The third-order valence-corrected chi connectivity index (χ3v) is 3.49. The fourth-order valence-corrected chi connectivity index (χ4v) is 2.44. The maximum absolute atomic E-state index is 11.6. The van der Waals surface area contributed by atoms with E-state index in [1.54, 1.807) is 18.2 Å². The quantitative estimate of drug-likeness (QED) is 0.479. The van der Waals surface area contributed by atoms with Crippen LogP contribution in [0.2, 0.25) is 0 Å². The second kappa shape index (κ2) is 4.88. The monoisotopic (exact) mass is 280 g/mol. The molecule has 1 heterocycles. The molecule has 4 heteroatoms. The third kappa shape index (κ3) is 2.30. The van der Waals surface area contributed by atoms with E-state index in [1.165, 1.54) is 12.1 Å². The number of phenolic OH excluding ortho intramolecular Hbond substituents is 2. The molecule has 0 saturated carbocycles. The lowest BCUT2D eigenvalue weighted by Gasteiger charge is -2.10. The first-order chi connectivity index (χ1) is 10.1. The number of hydrogen-bond donors (Lipinski definition) is 2. The molecule has 0 amide bonds.